The Morgan fingerprint density at radius 1 is 0.960 bits per heavy atom. The van der Waals surface area contributed by atoms with Crippen LogP contribution in [0.15, 0.2) is 12.2 Å². The molecule has 7 atom stereocenters. The fourth-order valence-corrected chi connectivity index (χ4v) is 5.20. The molecular weight excluding hydrogens is 320 g/mol. The fourth-order valence-electron chi connectivity index (χ4n) is 5.20. The van der Waals surface area contributed by atoms with Crippen LogP contribution < -0.4 is 0 Å². The molecule has 4 aliphatic rings. The van der Waals surface area contributed by atoms with Gasteiger partial charge in [0.25, 0.3) is 0 Å². The van der Waals surface area contributed by atoms with Gasteiger partial charge in [0.2, 0.25) is 0 Å². The van der Waals surface area contributed by atoms with Crippen molar-refractivity contribution in [3.05, 3.63) is 12.2 Å². The lowest BCUT2D eigenvalue weighted by atomic mass is 9.81. The van der Waals surface area contributed by atoms with Crippen LogP contribution in [0.4, 0.5) is 0 Å². The van der Waals surface area contributed by atoms with Crippen molar-refractivity contribution in [1.82, 2.24) is 0 Å². The molecule has 0 aromatic rings. The van der Waals surface area contributed by atoms with Gasteiger partial charge in [0.1, 0.15) is 5.60 Å². The average Bonchev–Trinajstić information content (AvgIpc) is 3.13. The highest BCUT2D eigenvalue weighted by Gasteiger charge is 2.56. The highest BCUT2D eigenvalue weighted by Crippen LogP contribution is 2.50. The molecular formula is C20H30O5. The van der Waals surface area contributed by atoms with Crippen LogP contribution in [0.5, 0.6) is 0 Å². The molecule has 0 aliphatic carbocycles. The molecule has 0 aromatic carbocycles. The van der Waals surface area contributed by atoms with E-state index in [9.17, 15) is 9.90 Å². The van der Waals surface area contributed by atoms with E-state index in [0.29, 0.717) is 12.0 Å². The van der Waals surface area contributed by atoms with Gasteiger partial charge in [-0.15, -0.1) is 0 Å². The van der Waals surface area contributed by atoms with E-state index < -0.39 is 17.3 Å². The van der Waals surface area contributed by atoms with Gasteiger partial charge in [-0.1, -0.05) is 6.58 Å². The summed E-state index contributed by atoms with van der Waals surface area (Å²) in [6.07, 6.45) is 4.66. The van der Waals surface area contributed by atoms with Crippen LogP contribution in [-0.2, 0) is 19.0 Å². The fraction of sp³-hybridized carbons (Fsp3) is 0.850. The predicted octanol–water partition coefficient (Wildman–Crippen LogP) is 2.89. The van der Waals surface area contributed by atoms with Crippen molar-refractivity contribution < 1.29 is 24.1 Å². The van der Waals surface area contributed by atoms with Crippen molar-refractivity contribution in [2.75, 3.05) is 0 Å². The molecule has 25 heavy (non-hydrogen) atoms. The van der Waals surface area contributed by atoms with Gasteiger partial charge in [0.15, 0.2) is 0 Å². The standard InChI is InChI=1S/C20H30O5/c1-12-13-5-8-20(4,25-17(12)22)16-7-10-19(3,24-16)15-6-9-18(2,23-15)14(21)11-13/h13-16,21H,1,5-11H2,2-4H3/t13-,14+,15+,16+,18-,19-,20-/m1/s1. The SMILES string of the molecule is C=C1C(=O)O[C@]2(C)CC[C@@H]1C[C@H](O)[C@@]1(C)CC[C@H](O1)[C@@]1(C)CC[C@@H]2O1. The molecule has 140 valence electrons. The molecule has 4 heterocycles. The number of hydrogen-bond acceptors (Lipinski definition) is 5. The number of rotatable bonds is 0. The maximum Gasteiger partial charge on any atom is 0.334 e. The Labute approximate surface area is 149 Å². The molecule has 0 aromatic heterocycles. The van der Waals surface area contributed by atoms with E-state index in [0.717, 1.165) is 38.5 Å². The summed E-state index contributed by atoms with van der Waals surface area (Å²) < 4.78 is 18.8. The minimum Gasteiger partial charge on any atom is -0.453 e. The molecule has 0 radical (unpaired) electrons. The van der Waals surface area contributed by atoms with Gasteiger partial charge in [-0.2, -0.15) is 0 Å². The zero-order valence-corrected chi connectivity index (χ0v) is 15.5. The van der Waals surface area contributed by atoms with Gasteiger partial charge in [-0.25, -0.2) is 4.79 Å². The van der Waals surface area contributed by atoms with E-state index in [-0.39, 0.29) is 29.7 Å². The predicted molar refractivity (Wildman–Crippen MR) is 92.0 cm³/mol. The first-order valence-electron chi connectivity index (χ1n) is 9.61. The number of aliphatic hydroxyl groups is 1. The van der Waals surface area contributed by atoms with Crippen LogP contribution in [0, 0.1) is 5.92 Å². The molecule has 0 spiro atoms. The summed E-state index contributed by atoms with van der Waals surface area (Å²) in [6, 6.07) is 0. The Hall–Kier alpha value is -0.910. The second-order valence-electron chi connectivity index (χ2n) is 9.13. The molecule has 6 bridgehead atoms. The number of esters is 1. The molecule has 0 saturated carbocycles. The smallest absolute Gasteiger partial charge is 0.334 e. The van der Waals surface area contributed by atoms with E-state index in [1.54, 1.807) is 0 Å². The number of fused-ring (bicyclic) bond motifs is 9. The molecule has 0 amide bonds. The molecule has 4 saturated heterocycles. The highest BCUT2D eigenvalue weighted by atomic mass is 16.6. The van der Waals surface area contributed by atoms with Crippen LogP contribution in [0.1, 0.15) is 65.7 Å². The van der Waals surface area contributed by atoms with E-state index in [1.165, 1.54) is 0 Å². The quantitative estimate of drug-likeness (QED) is 0.537. The molecule has 5 nitrogen and oxygen atoms in total. The summed E-state index contributed by atoms with van der Waals surface area (Å²) >= 11 is 0. The number of hydrogen-bond donors (Lipinski definition) is 1. The zero-order valence-electron chi connectivity index (χ0n) is 15.5. The van der Waals surface area contributed by atoms with Gasteiger partial charge >= 0.3 is 5.97 Å². The van der Waals surface area contributed by atoms with Gasteiger partial charge in [-0.3, -0.25) is 0 Å². The summed E-state index contributed by atoms with van der Waals surface area (Å²) in [5.74, 6) is -0.416. The largest absolute Gasteiger partial charge is 0.453 e. The Morgan fingerprint density at radius 2 is 1.52 bits per heavy atom. The minimum absolute atomic E-state index is 0.0288. The van der Waals surface area contributed by atoms with Crippen LogP contribution in [0.25, 0.3) is 0 Å². The molecule has 1 N–H and O–H groups in total. The van der Waals surface area contributed by atoms with E-state index in [4.69, 9.17) is 14.2 Å². The molecule has 0 unspecified atom stereocenters. The third-order valence-corrected chi connectivity index (χ3v) is 7.27. The van der Waals surface area contributed by atoms with Gasteiger partial charge in [-0.05, 0) is 71.6 Å². The molecule has 5 heteroatoms. The van der Waals surface area contributed by atoms with Gasteiger partial charge in [0.05, 0.1) is 29.5 Å². The third-order valence-electron chi connectivity index (χ3n) is 7.27. The lowest BCUT2D eigenvalue weighted by Crippen LogP contribution is -2.48. The zero-order chi connectivity index (χ0) is 18.0. The monoisotopic (exact) mass is 350 g/mol. The first-order chi connectivity index (χ1) is 11.7. The van der Waals surface area contributed by atoms with Crippen molar-refractivity contribution in [3.63, 3.8) is 0 Å². The lowest BCUT2D eigenvalue weighted by Gasteiger charge is -2.39. The number of carbonyl (C=O) groups excluding carboxylic acids is 1. The normalized spacial score (nSPS) is 53.1. The summed E-state index contributed by atoms with van der Waals surface area (Å²) in [4.78, 5) is 12.6. The van der Waals surface area contributed by atoms with Crippen molar-refractivity contribution in [1.29, 1.82) is 0 Å². The van der Waals surface area contributed by atoms with Crippen molar-refractivity contribution in [2.45, 2.75) is 101 Å². The lowest BCUT2D eigenvalue weighted by molar-refractivity contribution is -0.203. The Kier molecular flexibility index (Phi) is 3.88. The van der Waals surface area contributed by atoms with Gasteiger partial charge < -0.3 is 19.3 Å². The van der Waals surface area contributed by atoms with Crippen molar-refractivity contribution in [2.24, 2.45) is 5.92 Å². The van der Waals surface area contributed by atoms with Crippen molar-refractivity contribution >= 4 is 5.97 Å². The number of ether oxygens (including phenoxy) is 3. The third kappa shape index (κ3) is 2.66. The number of aliphatic hydroxyl groups excluding tert-OH is 1. The summed E-state index contributed by atoms with van der Waals surface area (Å²) in [6.45, 7) is 10.1. The Balaban J connectivity index is 1.74. The Bertz CT molecular complexity index is 603. The summed E-state index contributed by atoms with van der Waals surface area (Å²) in [5, 5.41) is 10.9. The van der Waals surface area contributed by atoms with Crippen LogP contribution in [-0.4, -0.2) is 46.2 Å². The Morgan fingerprint density at radius 3 is 2.24 bits per heavy atom. The van der Waals surface area contributed by atoms with Crippen LogP contribution in [0.3, 0.4) is 0 Å². The molecule has 4 aliphatic heterocycles. The van der Waals surface area contributed by atoms with E-state index in [1.807, 2.05) is 13.8 Å². The molecule has 4 rings (SSSR count). The second-order valence-corrected chi connectivity index (χ2v) is 9.13. The van der Waals surface area contributed by atoms with Crippen LogP contribution >= 0.6 is 0 Å². The average molecular weight is 350 g/mol. The van der Waals surface area contributed by atoms with Gasteiger partial charge in [0, 0.05) is 5.57 Å². The first kappa shape index (κ1) is 17.5. The topological polar surface area (TPSA) is 65.0 Å². The minimum atomic E-state index is -0.640. The highest BCUT2D eigenvalue weighted by molar-refractivity contribution is 5.89. The first-order valence-corrected chi connectivity index (χ1v) is 9.61. The maximum atomic E-state index is 12.6. The van der Waals surface area contributed by atoms with E-state index in [2.05, 4.69) is 13.5 Å². The second kappa shape index (κ2) is 5.54. The van der Waals surface area contributed by atoms with E-state index >= 15 is 0 Å². The summed E-state index contributed by atoms with van der Waals surface area (Å²) in [5.41, 5.74) is -1.15. The summed E-state index contributed by atoms with van der Waals surface area (Å²) in [7, 11) is 0. The maximum absolute atomic E-state index is 12.6. The van der Waals surface area contributed by atoms with Crippen molar-refractivity contribution in [3.8, 4) is 0 Å². The number of carbonyl (C=O) groups is 1. The van der Waals surface area contributed by atoms with Crippen LogP contribution in [0.2, 0.25) is 0 Å². The molecule has 4 fully saturated rings.